The molecule has 1 saturated heterocycles. The first kappa shape index (κ1) is 12.2. The highest BCUT2D eigenvalue weighted by Gasteiger charge is 2.28. The largest absolute Gasteiger partial charge is 0.399 e. The Hall–Kier alpha value is -1.22. The first-order valence-corrected chi connectivity index (χ1v) is 6.48. The lowest BCUT2D eigenvalue weighted by atomic mass is 10.1. The highest BCUT2D eigenvalue weighted by Crippen LogP contribution is 2.23. The quantitative estimate of drug-likeness (QED) is 0.795. The molecule has 1 aliphatic rings. The molecule has 2 unspecified atom stereocenters. The van der Waals surface area contributed by atoms with E-state index >= 15 is 0 Å². The highest BCUT2D eigenvalue weighted by molar-refractivity contribution is 5.56. The van der Waals surface area contributed by atoms with Crippen LogP contribution in [0.1, 0.15) is 20.8 Å². The zero-order valence-corrected chi connectivity index (χ0v) is 11.1. The number of hydrogen-bond donors (Lipinski definition) is 1. The molecule has 2 rings (SSSR count). The third-order valence-electron chi connectivity index (χ3n) is 3.70. The molecule has 0 radical (unpaired) electrons. The van der Waals surface area contributed by atoms with Crippen LogP contribution in [0.5, 0.6) is 0 Å². The predicted octanol–water partition coefficient (Wildman–Crippen LogP) is 2.19. The van der Waals surface area contributed by atoms with Crippen LogP contribution in [0.15, 0.2) is 24.3 Å². The third-order valence-corrected chi connectivity index (χ3v) is 3.70. The lowest BCUT2D eigenvalue weighted by molar-refractivity contribution is 0.140. The van der Waals surface area contributed by atoms with Crippen molar-refractivity contribution in [3.05, 3.63) is 24.3 Å². The monoisotopic (exact) mass is 233 g/mol. The van der Waals surface area contributed by atoms with Crippen molar-refractivity contribution in [1.29, 1.82) is 0 Å². The first-order valence-electron chi connectivity index (χ1n) is 6.48. The second kappa shape index (κ2) is 4.96. The van der Waals surface area contributed by atoms with Gasteiger partial charge >= 0.3 is 0 Å². The van der Waals surface area contributed by atoms with Crippen LogP contribution in [0.25, 0.3) is 0 Å². The van der Waals surface area contributed by atoms with E-state index in [2.05, 4.69) is 42.7 Å². The van der Waals surface area contributed by atoms with Crippen LogP contribution in [0.2, 0.25) is 0 Å². The van der Waals surface area contributed by atoms with Crippen molar-refractivity contribution in [2.45, 2.75) is 32.9 Å². The summed E-state index contributed by atoms with van der Waals surface area (Å²) in [5, 5.41) is 0. The fraction of sp³-hybridized carbons (Fsp3) is 0.571. The van der Waals surface area contributed by atoms with Gasteiger partial charge in [0.15, 0.2) is 0 Å². The van der Waals surface area contributed by atoms with Crippen LogP contribution >= 0.6 is 0 Å². The molecule has 3 heteroatoms. The normalized spacial score (nSPS) is 26.2. The fourth-order valence-electron chi connectivity index (χ4n) is 2.91. The van der Waals surface area contributed by atoms with E-state index in [4.69, 9.17) is 5.73 Å². The van der Waals surface area contributed by atoms with E-state index in [-0.39, 0.29) is 0 Å². The summed E-state index contributed by atoms with van der Waals surface area (Å²) < 4.78 is 0. The van der Waals surface area contributed by atoms with Crippen LogP contribution in [-0.2, 0) is 0 Å². The highest BCUT2D eigenvalue weighted by atomic mass is 15.3. The van der Waals surface area contributed by atoms with Gasteiger partial charge in [-0.1, -0.05) is 13.0 Å². The standard InChI is InChI=1S/C14H23N3/c1-4-17-11(2)9-16(10-12(17)3)14-7-5-6-13(15)8-14/h5-8,11-12H,4,9-10,15H2,1-3H3. The number of piperazine rings is 1. The Kier molecular flexibility index (Phi) is 3.57. The number of nitrogens with zero attached hydrogens (tertiary/aromatic N) is 2. The lowest BCUT2D eigenvalue weighted by Crippen LogP contribution is -2.56. The van der Waals surface area contributed by atoms with Crippen molar-refractivity contribution in [2.24, 2.45) is 0 Å². The average molecular weight is 233 g/mol. The molecule has 0 aliphatic carbocycles. The molecular weight excluding hydrogens is 210 g/mol. The zero-order chi connectivity index (χ0) is 12.4. The maximum atomic E-state index is 5.85. The molecule has 2 atom stereocenters. The van der Waals surface area contributed by atoms with Gasteiger partial charge < -0.3 is 10.6 Å². The van der Waals surface area contributed by atoms with E-state index in [0.29, 0.717) is 12.1 Å². The Labute approximate surface area is 104 Å². The van der Waals surface area contributed by atoms with Gasteiger partial charge in [0, 0.05) is 36.5 Å². The van der Waals surface area contributed by atoms with Crippen LogP contribution in [0.3, 0.4) is 0 Å². The molecule has 0 bridgehead atoms. The summed E-state index contributed by atoms with van der Waals surface area (Å²) >= 11 is 0. The Morgan fingerprint density at radius 2 is 1.88 bits per heavy atom. The van der Waals surface area contributed by atoms with Gasteiger partial charge in [0.2, 0.25) is 0 Å². The van der Waals surface area contributed by atoms with Crippen molar-refractivity contribution in [2.75, 3.05) is 30.3 Å². The molecule has 94 valence electrons. The van der Waals surface area contributed by atoms with Crippen molar-refractivity contribution in [3.63, 3.8) is 0 Å². The average Bonchev–Trinajstić information content (AvgIpc) is 2.28. The summed E-state index contributed by atoms with van der Waals surface area (Å²) in [6, 6.07) is 9.40. The molecule has 1 fully saturated rings. The Balaban J connectivity index is 2.14. The zero-order valence-electron chi connectivity index (χ0n) is 11.1. The van der Waals surface area contributed by atoms with Gasteiger partial charge in [-0.25, -0.2) is 0 Å². The molecule has 1 aromatic rings. The number of benzene rings is 1. The third kappa shape index (κ3) is 2.55. The molecule has 2 N–H and O–H groups in total. The maximum absolute atomic E-state index is 5.85. The Morgan fingerprint density at radius 1 is 1.24 bits per heavy atom. The molecule has 0 amide bonds. The topological polar surface area (TPSA) is 32.5 Å². The van der Waals surface area contributed by atoms with Crippen LogP contribution < -0.4 is 10.6 Å². The fourth-order valence-corrected chi connectivity index (χ4v) is 2.91. The lowest BCUT2D eigenvalue weighted by Gasteiger charge is -2.45. The van der Waals surface area contributed by atoms with E-state index < -0.39 is 0 Å². The maximum Gasteiger partial charge on any atom is 0.0387 e. The number of nitrogen functional groups attached to an aromatic ring is 1. The van der Waals surface area contributed by atoms with E-state index in [1.165, 1.54) is 5.69 Å². The smallest absolute Gasteiger partial charge is 0.0387 e. The summed E-state index contributed by atoms with van der Waals surface area (Å²) in [6.45, 7) is 10.1. The SMILES string of the molecule is CCN1C(C)CN(c2cccc(N)c2)CC1C. The number of nitrogens with two attached hydrogens (primary N) is 1. The van der Waals surface area contributed by atoms with Gasteiger partial charge in [0.25, 0.3) is 0 Å². The molecule has 1 heterocycles. The molecule has 0 spiro atoms. The summed E-state index contributed by atoms with van der Waals surface area (Å²) in [6.07, 6.45) is 0. The van der Waals surface area contributed by atoms with E-state index in [9.17, 15) is 0 Å². The van der Waals surface area contributed by atoms with Crippen molar-refractivity contribution < 1.29 is 0 Å². The number of hydrogen-bond acceptors (Lipinski definition) is 3. The second-order valence-corrected chi connectivity index (χ2v) is 5.03. The van der Waals surface area contributed by atoms with Crippen LogP contribution in [0.4, 0.5) is 11.4 Å². The van der Waals surface area contributed by atoms with Crippen LogP contribution in [-0.4, -0.2) is 36.6 Å². The predicted molar refractivity (Wildman–Crippen MR) is 74.4 cm³/mol. The molecule has 1 aliphatic heterocycles. The first-order chi connectivity index (χ1) is 8.11. The minimum Gasteiger partial charge on any atom is -0.399 e. The van der Waals surface area contributed by atoms with Gasteiger partial charge in [-0.3, -0.25) is 4.90 Å². The number of rotatable bonds is 2. The molecule has 17 heavy (non-hydrogen) atoms. The van der Waals surface area contributed by atoms with Gasteiger partial charge in [-0.05, 0) is 38.6 Å². The van der Waals surface area contributed by atoms with E-state index in [0.717, 1.165) is 25.3 Å². The van der Waals surface area contributed by atoms with E-state index in [1.807, 2.05) is 12.1 Å². The molecular formula is C14H23N3. The minimum atomic E-state index is 0.602. The summed E-state index contributed by atoms with van der Waals surface area (Å²) in [5.74, 6) is 0. The van der Waals surface area contributed by atoms with Crippen molar-refractivity contribution in [3.8, 4) is 0 Å². The molecule has 0 aromatic heterocycles. The number of anilines is 2. The summed E-state index contributed by atoms with van der Waals surface area (Å²) in [5.41, 5.74) is 7.95. The van der Waals surface area contributed by atoms with Gasteiger partial charge in [0.1, 0.15) is 0 Å². The molecule has 1 aromatic carbocycles. The van der Waals surface area contributed by atoms with E-state index in [1.54, 1.807) is 0 Å². The summed E-state index contributed by atoms with van der Waals surface area (Å²) in [7, 11) is 0. The second-order valence-electron chi connectivity index (χ2n) is 5.03. The van der Waals surface area contributed by atoms with Gasteiger partial charge in [-0.2, -0.15) is 0 Å². The Bertz CT molecular complexity index is 365. The van der Waals surface area contributed by atoms with Crippen molar-refractivity contribution >= 4 is 11.4 Å². The van der Waals surface area contributed by atoms with Gasteiger partial charge in [-0.15, -0.1) is 0 Å². The van der Waals surface area contributed by atoms with Crippen molar-refractivity contribution in [1.82, 2.24) is 4.90 Å². The molecule has 0 saturated carbocycles. The minimum absolute atomic E-state index is 0.602. The number of likely N-dealkylation sites (N-methyl/N-ethyl adjacent to an activating group) is 1. The van der Waals surface area contributed by atoms with Gasteiger partial charge in [0.05, 0.1) is 0 Å². The van der Waals surface area contributed by atoms with Crippen LogP contribution in [0, 0.1) is 0 Å². The summed E-state index contributed by atoms with van der Waals surface area (Å²) in [4.78, 5) is 5.00. The molecule has 3 nitrogen and oxygen atoms in total. The Morgan fingerprint density at radius 3 is 2.41 bits per heavy atom.